The Hall–Kier alpha value is -1.88. The summed E-state index contributed by atoms with van der Waals surface area (Å²) < 4.78 is 7.31. The quantitative estimate of drug-likeness (QED) is 0.825. The molecule has 0 unspecified atom stereocenters. The third-order valence-corrected chi connectivity index (χ3v) is 2.19. The number of nitrogens with two attached hydrogens (primary N) is 1. The van der Waals surface area contributed by atoms with E-state index in [2.05, 4.69) is 10.2 Å². The van der Waals surface area contributed by atoms with Crippen molar-refractivity contribution in [3.63, 3.8) is 0 Å². The van der Waals surface area contributed by atoms with Crippen LogP contribution in [-0.2, 0) is 7.05 Å². The zero-order valence-corrected chi connectivity index (χ0v) is 9.13. The largest absolute Gasteiger partial charge is 0.492 e. The van der Waals surface area contributed by atoms with Crippen LogP contribution in [0.2, 0.25) is 0 Å². The molecule has 0 amide bonds. The predicted molar refractivity (Wildman–Crippen MR) is 61.0 cm³/mol. The first-order valence-corrected chi connectivity index (χ1v) is 5.08. The van der Waals surface area contributed by atoms with Crippen LogP contribution in [0.25, 0.3) is 11.4 Å². The minimum Gasteiger partial charge on any atom is -0.492 e. The zero-order chi connectivity index (χ0) is 11.4. The van der Waals surface area contributed by atoms with Gasteiger partial charge in [-0.1, -0.05) is 12.1 Å². The summed E-state index contributed by atoms with van der Waals surface area (Å²) in [5, 5.41) is 7.88. The smallest absolute Gasteiger partial charge is 0.163 e. The number of hydrogen-bond donors (Lipinski definition) is 1. The molecule has 0 saturated carbocycles. The van der Waals surface area contributed by atoms with Crippen LogP contribution in [0.4, 0.5) is 0 Å². The van der Waals surface area contributed by atoms with Crippen molar-refractivity contribution in [2.45, 2.75) is 0 Å². The molecule has 0 fully saturated rings. The van der Waals surface area contributed by atoms with Gasteiger partial charge in [-0.3, -0.25) is 0 Å². The topological polar surface area (TPSA) is 66.0 Å². The van der Waals surface area contributed by atoms with Crippen molar-refractivity contribution < 1.29 is 4.74 Å². The highest BCUT2D eigenvalue weighted by atomic mass is 16.5. The van der Waals surface area contributed by atoms with E-state index in [0.717, 1.165) is 17.1 Å². The van der Waals surface area contributed by atoms with Gasteiger partial charge in [0.15, 0.2) is 5.82 Å². The maximum Gasteiger partial charge on any atom is 0.163 e. The Morgan fingerprint density at radius 1 is 1.44 bits per heavy atom. The number of aromatic nitrogens is 3. The summed E-state index contributed by atoms with van der Waals surface area (Å²) in [6, 6.07) is 7.73. The molecule has 5 nitrogen and oxygen atoms in total. The van der Waals surface area contributed by atoms with Gasteiger partial charge in [0, 0.05) is 19.2 Å². The molecular weight excluding hydrogens is 204 g/mol. The van der Waals surface area contributed by atoms with E-state index in [0.29, 0.717) is 13.2 Å². The van der Waals surface area contributed by atoms with E-state index < -0.39 is 0 Å². The zero-order valence-electron chi connectivity index (χ0n) is 9.13. The summed E-state index contributed by atoms with van der Waals surface area (Å²) in [6.07, 6.45) is 1.67. The number of rotatable bonds is 4. The molecule has 1 aromatic carbocycles. The fraction of sp³-hybridized carbons (Fsp3) is 0.273. The molecule has 0 aliphatic heterocycles. The second-order valence-corrected chi connectivity index (χ2v) is 3.43. The van der Waals surface area contributed by atoms with Crippen molar-refractivity contribution in [3.05, 3.63) is 30.6 Å². The molecule has 16 heavy (non-hydrogen) atoms. The normalized spacial score (nSPS) is 10.4. The Balaban J connectivity index is 2.26. The summed E-state index contributed by atoms with van der Waals surface area (Å²) in [5.74, 6) is 1.61. The lowest BCUT2D eigenvalue weighted by Gasteiger charge is -2.06. The van der Waals surface area contributed by atoms with Crippen molar-refractivity contribution in [1.82, 2.24) is 14.8 Å². The Bertz CT molecular complexity index is 467. The molecule has 0 aliphatic rings. The minimum absolute atomic E-state index is 0.508. The lowest BCUT2D eigenvalue weighted by Crippen LogP contribution is -2.10. The van der Waals surface area contributed by atoms with Gasteiger partial charge in [0.1, 0.15) is 18.7 Å². The summed E-state index contributed by atoms with van der Waals surface area (Å²) in [6.45, 7) is 1.02. The molecule has 0 bridgehead atoms. The van der Waals surface area contributed by atoms with Crippen LogP contribution in [-0.4, -0.2) is 27.9 Å². The summed E-state index contributed by atoms with van der Waals surface area (Å²) >= 11 is 0. The Morgan fingerprint density at radius 2 is 2.31 bits per heavy atom. The van der Waals surface area contributed by atoms with E-state index in [-0.39, 0.29) is 0 Å². The molecule has 0 spiro atoms. The Kier molecular flexibility index (Phi) is 3.16. The molecule has 0 atom stereocenters. The van der Waals surface area contributed by atoms with Crippen molar-refractivity contribution in [2.24, 2.45) is 12.8 Å². The monoisotopic (exact) mass is 218 g/mol. The lowest BCUT2D eigenvalue weighted by molar-refractivity contribution is 0.328. The van der Waals surface area contributed by atoms with Gasteiger partial charge in [-0.25, -0.2) is 0 Å². The molecule has 0 aliphatic carbocycles. The molecule has 5 heteroatoms. The predicted octanol–water partition coefficient (Wildman–Crippen LogP) is 0.820. The van der Waals surface area contributed by atoms with Crippen LogP contribution in [0, 0.1) is 0 Å². The van der Waals surface area contributed by atoms with Gasteiger partial charge in [-0.05, 0) is 12.1 Å². The van der Waals surface area contributed by atoms with Crippen molar-refractivity contribution >= 4 is 0 Å². The molecule has 2 N–H and O–H groups in total. The number of ether oxygens (including phenoxy) is 1. The second kappa shape index (κ2) is 4.76. The molecule has 0 radical (unpaired) electrons. The van der Waals surface area contributed by atoms with Crippen molar-refractivity contribution in [2.75, 3.05) is 13.2 Å². The first-order chi connectivity index (χ1) is 7.81. The van der Waals surface area contributed by atoms with Gasteiger partial charge in [-0.2, -0.15) is 0 Å². The molecule has 0 saturated heterocycles. The number of aryl methyl sites for hydroxylation is 1. The Morgan fingerprint density at radius 3 is 3.00 bits per heavy atom. The lowest BCUT2D eigenvalue weighted by atomic mass is 10.2. The van der Waals surface area contributed by atoms with E-state index in [4.69, 9.17) is 10.5 Å². The van der Waals surface area contributed by atoms with Gasteiger partial charge in [0.05, 0.1) is 0 Å². The fourth-order valence-corrected chi connectivity index (χ4v) is 1.45. The standard InChI is InChI=1S/C11H14N4O/c1-15-8-13-14-11(15)9-3-2-4-10(7-9)16-6-5-12/h2-4,7-8H,5-6,12H2,1H3. The van der Waals surface area contributed by atoms with Gasteiger partial charge in [0.25, 0.3) is 0 Å². The third-order valence-electron chi connectivity index (χ3n) is 2.19. The highest BCUT2D eigenvalue weighted by Gasteiger charge is 2.05. The van der Waals surface area contributed by atoms with Gasteiger partial charge >= 0.3 is 0 Å². The molecule has 2 aromatic rings. The number of benzene rings is 1. The third kappa shape index (κ3) is 2.20. The van der Waals surface area contributed by atoms with Crippen LogP contribution in [0.1, 0.15) is 0 Å². The SMILES string of the molecule is Cn1cnnc1-c1cccc(OCCN)c1. The van der Waals surface area contributed by atoms with Gasteiger partial charge in [0.2, 0.25) is 0 Å². The first-order valence-electron chi connectivity index (χ1n) is 5.08. The highest BCUT2D eigenvalue weighted by Crippen LogP contribution is 2.21. The summed E-state index contributed by atoms with van der Waals surface area (Å²) in [7, 11) is 1.91. The van der Waals surface area contributed by atoms with Crippen LogP contribution >= 0.6 is 0 Å². The molecule has 84 valence electrons. The van der Waals surface area contributed by atoms with E-state index in [1.807, 2.05) is 35.9 Å². The second-order valence-electron chi connectivity index (χ2n) is 3.43. The average Bonchev–Trinajstić information content (AvgIpc) is 2.73. The van der Waals surface area contributed by atoms with Gasteiger partial charge < -0.3 is 15.0 Å². The first kappa shape index (κ1) is 10.6. The van der Waals surface area contributed by atoms with Crippen LogP contribution < -0.4 is 10.5 Å². The van der Waals surface area contributed by atoms with E-state index in [1.54, 1.807) is 6.33 Å². The molecular formula is C11H14N4O. The van der Waals surface area contributed by atoms with E-state index >= 15 is 0 Å². The van der Waals surface area contributed by atoms with Crippen molar-refractivity contribution in [3.8, 4) is 17.1 Å². The molecule has 1 heterocycles. The minimum atomic E-state index is 0.508. The van der Waals surface area contributed by atoms with Crippen LogP contribution in [0.3, 0.4) is 0 Å². The Labute approximate surface area is 93.9 Å². The molecule has 1 aromatic heterocycles. The average molecular weight is 218 g/mol. The number of hydrogen-bond acceptors (Lipinski definition) is 4. The van der Waals surface area contributed by atoms with Crippen molar-refractivity contribution in [1.29, 1.82) is 0 Å². The fourth-order valence-electron chi connectivity index (χ4n) is 1.45. The van der Waals surface area contributed by atoms with Gasteiger partial charge in [-0.15, -0.1) is 10.2 Å². The van der Waals surface area contributed by atoms with E-state index in [1.165, 1.54) is 0 Å². The maximum absolute atomic E-state index is 5.45. The van der Waals surface area contributed by atoms with E-state index in [9.17, 15) is 0 Å². The number of nitrogens with zero attached hydrogens (tertiary/aromatic N) is 3. The molecule has 2 rings (SSSR count). The maximum atomic E-state index is 5.45. The highest BCUT2D eigenvalue weighted by molar-refractivity contribution is 5.57. The summed E-state index contributed by atoms with van der Waals surface area (Å²) in [5.41, 5.74) is 6.36. The van der Waals surface area contributed by atoms with Crippen LogP contribution in [0.5, 0.6) is 5.75 Å². The van der Waals surface area contributed by atoms with Crippen LogP contribution in [0.15, 0.2) is 30.6 Å². The summed E-state index contributed by atoms with van der Waals surface area (Å²) in [4.78, 5) is 0.